The third-order valence-electron chi connectivity index (χ3n) is 3.36. The van der Waals surface area contributed by atoms with Gasteiger partial charge in [0.05, 0.1) is 7.11 Å². The fourth-order valence-corrected chi connectivity index (χ4v) is 2.27. The molecule has 0 radical (unpaired) electrons. The average molecular weight is 311 g/mol. The number of ether oxygens (including phenoxy) is 1. The third-order valence-corrected chi connectivity index (χ3v) is 3.36. The quantitative estimate of drug-likeness (QED) is 0.929. The van der Waals surface area contributed by atoms with Crippen molar-refractivity contribution in [3.63, 3.8) is 0 Å². The van der Waals surface area contributed by atoms with E-state index in [1.807, 2.05) is 19.1 Å². The number of rotatable bonds is 3. The molecule has 0 bridgehead atoms. The van der Waals surface area contributed by atoms with Crippen LogP contribution in [-0.2, 0) is 0 Å². The first-order valence-corrected chi connectivity index (χ1v) is 6.01. The number of nitrogens with zero attached hydrogens (tertiary/aromatic N) is 1. The summed E-state index contributed by atoms with van der Waals surface area (Å²) in [4.78, 5) is 2.29. The second-order valence-corrected chi connectivity index (χ2v) is 4.33. The van der Waals surface area contributed by atoms with E-state index in [1.54, 1.807) is 6.07 Å². The highest BCUT2D eigenvalue weighted by Crippen LogP contribution is 2.28. The Morgan fingerprint density at radius 3 is 2.47 bits per heavy atom. The minimum atomic E-state index is -0.235. The lowest BCUT2D eigenvalue weighted by atomic mass is 10.1. The Kier molecular flexibility index (Phi) is 8.34. The molecule has 0 spiro atoms. The molecule has 1 atom stereocenters. The Morgan fingerprint density at radius 1 is 1.26 bits per heavy atom. The first kappa shape index (κ1) is 18.4. The van der Waals surface area contributed by atoms with Gasteiger partial charge in [-0.05, 0) is 13.0 Å². The van der Waals surface area contributed by atoms with Crippen molar-refractivity contribution in [1.29, 1.82) is 0 Å². The van der Waals surface area contributed by atoms with Crippen molar-refractivity contribution < 1.29 is 9.13 Å². The van der Waals surface area contributed by atoms with Crippen LogP contribution in [0.3, 0.4) is 0 Å². The second-order valence-electron chi connectivity index (χ2n) is 4.33. The fraction of sp³-hybridized carbons (Fsp3) is 0.538. The van der Waals surface area contributed by atoms with E-state index >= 15 is 0 Å². The van der Waals surface area contributed by atoms with Crippen molar-refractivity contribution in [1.82, 2.24) is 10.2 Å². The van der Waals surface area contributed by atoms with Gasteiger partial charge >= 0.3 is 0 Å². The zero-order valence-corrected chi connectivity index (χ0v) is 12.8. The minimum Gasteiger partial charge on any atom is -0.494 e. The molecule has 1 heterocycles. The van der Waals surface area contributed by atoms with Gasteiger partial charge in [0.1, 0.15) is 0 Å². The smallest absolute Gasteiger partial charge is 0.169 e. The molecule has 1 saturated heterocycles. The van der Waals surface area contributed by atoms with Crippen LogP contribution in [-0.4, -0.2) is 38.2 Å². The Hall–Kier alpha value is -0.550. The summed E-state index contributed by atoms with van der Waals surface area (Å²) in [6.07, 6.45) is 0. The predicted octanol–water partition coefficient (Wildman–Crippen LogP) is 2.64. The molecule has 19 heavy (non-hydrogen) atoms. The molecular weight excluding hydrogens is 290 g/mol. The lowest BCUT2D eigenvalue weighted by Gasteiger charge is -2.33. The molecule has 1 aromatic rings. The average Bonchev–Trinajstić information content (AvgIpc) is 2.39. The summed E-state index contributed by atoms with van der Waals surface area (Å²) in [6, 6.07) is 5.43. The highest BCUT2D eigenvalue weighted by molar-refractivity contribution is 5.85. The highest BCUT2D eigenvalue weighted by atomic mass is 35.5. The third kappa shape index (κ3) is 4.21. The van der Waals surface area contributed by atoms with E-state index in [1.165, 1.54) is 7.11 Å². The van der Waals surface area contributed by atoms with E-state index in [0.29, 0.717) is 11.3 Å². The first-order chi connectivity index (χ1) is 8.24. The molecule has 1 aliphatic heterocycles. The molecule has 110 valence electrons. The van der Waals surface area contributed by atoms with Crippen molar-refractivity contribution >= 4 is 24.8 Å². The predicted molar refractivity (Wildman–Crippen MR) is 80.3 cm³/mol. The van der Waals surface area contributed by atoms with Gasteiger partial charge in [-0.3, -0.25) is 4.90 Å². The van der Waals surface area contributed by atoms with Gasteiger partial charge in [-0.25, -0.2) is 4.39 Å². The summed E-state index contributed by atoms with van der Waals surface area (Å²) in [5.41, 5.74) is 0.714. The number of nitrogens with one attached hydrogen (secondary N) is 1. The number of halogens is 3. The first-order valence-electron chi connectivity index (χ1n) is 6.01. The van der Waals surface area contributed by atoms with Gasteiger partial charge in [0.2, 0.25) is 0 Å². The zero-order chi connectivity index (χ0) is 12.3. The summed E-state index contributed by atoms with van der Waals surface area (Å²) in [7, 11) is 1.50. The van der Waals surface area contributed by atoms with Gasteiger partial charge < -0.3 is 10.1 Å². The molecule has 0 saturated carbocycles. The van der Waals surface area contributed by atoms with Crippen LogP contribution in [0, 0.1) is 5.82 Å². The molecule has 2 rings (SSSR count). The maximum atomic E-state index is 14.1. The minimum absolute atomic E-state index is 0. The molecular formula is C13H21Cl2FN2O. The van der Waals surface area contributed by atoms with Crippen molar-refractivity contribution in [3.05, 3.63) is 29.6 Å². The Morgan fingerprint density at radius 2 is 1.89 bits per heavy atom. The van der Waals surface area contributed by atoms with E-state index in [0.717, 1.165) is 26.2 Å². The Labute approximate surface area is 126 Å². The maximum Gasteiger partial charge on any atom is 0.169 e. The second kappa shape index (κ2) is 8.59. The Bertz CT molecular complexity index is 387. The molecule has 1 N–H and O–H groups in total. The fourth-order valence-electron chi connectivity index (χ4n) is 2.27. The van der Waals surface area contributed by atoms with E-state index < -0.39 is 0 Å². The van der Waals surface area contributed by atoms with Crippen LogP contribution in [0.5, 0.6) is 5.75 Å². The summed E-state index contributed by atoms with van der Waals surface area (Å²) in [5.74, 6) is 0.0884. The van der Waals surface area contributed by atoms with Crippen molar-refractivity contribution in [2.24, 2.45) is 0 Å². The summed E-state index contributed by atoms with van der Waals surface area (Å²) >= 11 is 0. The molecule has 3 nitrogen and oxygen atoms in total. The van der Waals surface area contributed by atoms with Gasteiger partial charge in [-0.2, -0.15) is 0 Å². The van der Waals surface area contributed by atoms with Crippen LogP contribution < -0.4 is 10.1 Å². The highest BCUT2D eigenvalue weighted by Gasteiger charge is 2.21. The van der Waals surface area contributed by atoms with E-state index in [4.69, 9.17) is 4.74 Å². The molecule has 0 aromatic heterocycles. The monoisotopic (exact) mass is 310 g/mol. The zero-order valence-electron chi connectivity index (χ0n) is 11.2. The van der Waals surface area contributed by atoms with Gasteiger partial charge in [-0.15, -0.1) is 24.8 Å². The van der Waals surface area contributed by atoms with Gasteiger partial charge in [0.25, 0.3) is 0 Å². The lowest BCUT2D eigenvalue weighted by molar-refractivity contribution is 0.181. The van der Waals surface area contributed by atoms with Crippen LogP contribution in [0.4, 0.5) is 4.39 Å². The molecule has 1 fully saturated rings. The topological polar surface area (TPSA) is 24.5 Å². The number of benzene rings is 1. The van der Waals surface area contributed by atoms with E-state index in [2.05, 4.69) is 10.2 Å². The maximum absolute atomic E-state index is 14.1. The summed E-state index contributed by atoms with van der Waals surface area (Å²) in [6.45, 7) is 5.89. The standard InChI is InChI=1S/C13H19FN2O.2ClH/c1-10(16-8-6-15-7-9-16)11-4-3-5-12(17-2)13(11)14;;/h3-5,10,15H,6-9H2,1-2H3;2*1H/t10-;;/m0../s1. The summed E-state index contributed by atoms with van der Waals surface area (Å²) in [5, 5.41) is 3.30. The normalized spacial score (nSPS) is 17.0. The molecule has 1 aliphatic rings. The van der Waals surface area contributed by atoms with Crippen molar-refractivity contribution in [2.75, 3.05) is 33.3 Å². The molecule has 6 heteroatoms. The van der Waals surface area contributed by atoms with Crippen LogP contribution in [0.15, 0.2) is 18.2 Å². The largest absolute Gasteiger partial charge is 0.494 e. The van der Waals surface area contributed by atoms with Crippen LogP contribution >= 0.6 is 24.8 Å². The van der Waals surface area contributed by atoms with Gasteiger partial charge in [0.15, 0.2) is 11.6 Å². The van der Waals surface area contributed by atoms with Crippen LogP contribution in [0.2, 0.25) is 0 Å². The Balaban J connectivity index is 0.00000162. The van der Waals surface area contributed by atoms with Crippen molar-refractivity contribution in [2.45, 2.75) is 13.0 Å². The SMILES string of the molecule is COc1cccc([C@H](C)N2CCNCC2)c1F.Cl.Cl. The molecule has 0 amide bonds. The van der Waals surface area contributed by atoms with Gasteiger partial charge in [0, 0.05) is 37.8 Å². The summed E-state index contributed by atoms with van der Waals surface area (Å²) < 4.78 is 19.1. The lowest BCUT2D eigenvalue weighted by Crippen LogP contribution is -2.44. The number of methoxy groups -OCH3 is 1. The number of piperazine rings is 1. The molecule has 0 aliphatic carbocycles. The number of hydrogen-bond acceptors (Lipinski definition) is 3. The van der Waals surface area contributed by atoms with Crippen LogP contribution in [0.1, 0.15) is 18.5 Å². The van der Waals surface area contributed by atoms with E-state index in [9.17, 15) is 4.39 Å². The molecule has 1 aromatic carbocycles. The molecule has 0 unspecified atom stereocenters. The van der Waals surface area contributed by atoms with Crippen molar-refractivity contribution in [3.8, 4) is 5.75 Å². The van der Waals surface area contributed by atoms with E-state index in [-0.39, 0.29) is 36.7 Å². The van der Waals surface area contributed by atoms with Crippen LogP contribution in [0.25, 0.3) is 0 Å². The number of hydrogen-bond donors (Lipinski definition) is 1. The van der Waals surface area contributed by atoms with Gasteiger partial charge in [-0.1, -0.05) is 12.1 Å².